The van der Waals surface area contributed by atoms with E-state index in [0.29, 0.717) is 12.0 Å². The molecule has 2 N–H and O–H groups in total. The molecule has 2 aliphatic rings. The van der Waals surface area contributed by atoms with Gasteiger partial charge in [-0.15, -0.1) is 0 Å². The summed E-state index contributed by atoms with van der Waals surface area (Å²) in [6.45, 7) is 3.75. The molecular weight excluding hydrogens is 204 g/mol. The van der Waals surface area contributed by atoms with Crippen LogP contribution in [0.1, 0.15) is 32.6 Å². The van der Waals surface area contributed by atoms with Crippen LogP contribution in [0.25, 0.3) is 0 Å². The molecule has 0 aromatic carbocycles. The summed E-state index contributed by atoms with van der Waals surface area (Å²) < 4.78 is 0. The lowest BCUT2D eigenvalue weighted by Gasteiger charge is -2.33. The molecule has 0 aromatic heterocycles. The number of rotatable bonds is 2. The van der Waals surface area contributed by atoms with E-state index in [0.717, 1.165) is 13.1 Å². The molecule has 16 heavy (non-hydrogen) atoms. The molecule has 1 saturated carbocycles. The van der Waals surface area contributed by atoms with Crippen LogP contribution >= 0.6 is 0 Å². The molecule has 1 amide bonds. The SMILES string of the molecule is CC1CNC(=O)C(CO)N(C2CCCC2)C1. The van der Waals surface area contributed by atoms with Gasteiger partial charge in [0.25, 0.3) is 0 Å². The second-order valence-corrected chi connectivity index (χ2v) is 5.18. The molecular formula is C12H22N2O2. The van der Waals surface area contributed by atoms with Gasteiger partial charge in [-0.05, 0) is 18.8 Å². The van der Waals surface area contributed by atoms with E-state index in [4.69, 9.17) is 0 Å². The molecule has 4 heteroatoms. The van der Waals surface area contributed by atoms with Crippen LogP contribution in [0.15, 0.2) is 0 Å². The Morgan fingerprint density at radius 2 is 2.12 bits per heavy atom. The monoisotopic (exact) mass is 226 g/mol. The van der Waals surface area contributed by atoms with Gasteiger partial charge in [0.2, 0.25) is 5.91 Å². The average Bonchev–Trinajstić information content (AvgIpc) is 2.74. The van der Waals surface area contributed by atoms with E-state index in [1.807, 2.05) is 0 Å². The second-order valence-electron chi connectivity index (χ2n) is 5.18. The van der Waals surface area contributed by atoms with Crippen molar-refractivity contribution in [3.05, 3.63) is 0 Å². The minimum absolute atomic E-state index is 0.00116. The summed E-state index contributed by atoms with van der Waals surface area (Å²) in [6.07, 6.45) is 4.87. The van der Waals surface area contributed by atoms with E-state index in [-0.39, 0.29) is 18.6 Å². The second kappa shape index (κ2) is 5.15. The molecule has 0 radical (unpaired) electrons. The van der Waals surface area contributed by atoms with E-state index in [1.54, 1.807) is 0 Å². The van der Waals surface area contributed by atoms with Gasteiger partial charge in [0.05, 0.1) is 6.61 Å². The number of carbonyl (C=O) groups excluding carboxylic acids is 1. The van der Waals surface area contributed by atoms with E-state index in [9.17, 15) is 9.90 Å². The number of nitrogens with zero attached hydrogens (tertiary/aromatic N) is 1. The lowest BCUT2D eigenvalue weighted by molar-refractivity contribution is -0.127. The first-order valence-electron chi connectivity index (χ1n) is 6.36. The summed E-state index contributed by atoms with van der Waals surface area (Å²) in [5, 5.41) is 12.3. The Morgan fingerprint density at radius 3 is 2.75 bits per heavy atom. The fraction of sp³-hybridized carbons (Fsp3) is 0.917. The zero-order valence-electron chi connectivity index (χ0n) is 9.98. The molecule has 92 valence electrons. The van der Waals surface area contributed by atoms with Gasteiger partial charge in [0.1, 0.15) is 6.04 Å². The van der Waals surface area contributed by atoms with E-state index in [2.05, 4.69) is 17.1 Å². The van der Waals surface area contributed by atoms with Crippen molar-refractivity contribution in [2.45, 2.75) is 44.7 Å². The smallest absolute Gasteiger partial charge is 0.239 e. The molecule has 0 spiro atoms. The summed E-state index contributed by atoms with van der Waals surface area (Å²) in [7, 11) is 0. The average molecular weight is 226 g/mol. The van der Waals surface area contributed by atoms with Gasteiger partial charge in [-0.1, -0.05) is 19.8 Å². The Morgan fingerprint density at radius 1 is 1.44 bits per heavy atom. The normalized spacial score (nSPS) is 33.8. The number of hydrogen-bond acceptors (Lipinski definition) is 3. The molecule has 2 atom stereocenters. The highest BCUT2D eigenvalue weighted by Gasteiger charge is 2.35. The van der Waals surface area contributed by atoms with Gasteiger partial charge in [-0.3, -0.25) is 9.69 Å². The Hall–Kier alpha value is -0.610. The fourth-order valence-electron chi connectivity index (χ4n) is 2.92. The third-order valence-electron chi connectivity index (χ3n) is 3.82. The van der Waals surface area contributed by atoms with Gasteiger partial charge in [-0.2, -0.15) is 0 Å². The molecule has 2 rings (SSSR count). The van der Waals surface area contributed by atoms with Gasteiger partial charge in [0, 0.05) is 19.1 Å². The third kappa shape index (κ3) is 2.38. The van der Waals surface area contributed by atoms with Crippen molar-refractivity contribution in [3.8, 4) is 0 Å². The first-order chi connectivity index (χ1) is 7.72. The minimum atomic E-state index is -0.326. The van der Waals surface area contributed by atoms with Crippen LogP contribution in [0.3, 0.4) is 0 Å². The molecule has 0 aromatic rings. The fourth-order valence-corrected chi connectivity index (χ4v) is 2.92. The maximum Gasteiger partial charge on any atom is 0.239 e. The van der Waals surface area contributed by atoms with Crippen LogP contribution in [0.5, 0.6) is 0 Å². The van der Waals surface area contributed by atoms with Crippen molar-refractivity contribution in [3.63, 3.8) is 0 Å². The molecule has 4 nitrogen and oxygen atoms in total. The molecule has 2 fully saturated rings. The van der Waals surface area contributed by atoms with Gasteiger partial charge < -0.3 is 10.4 Å². The number of nitrogens with one attached hydrogen (secondary N) is 1. The van der Waals surface area contributed by atoms with Crippen molar-refractivity contribution in [2.24, 2.45) is 5.92 Å². The lowest BCUT2D eigenvalue weighted by Crippen LogP contribution is -2.50. The van der Waals surface area contributed by atoms with E-state index < -0.39 is 0 Å². The van der Waals surface area contributed by atoms with Crippen molar-refractivity contribution in [2.75, 3.05) is 19.7 Å². The summed E-state index contributed by atoms with van der Waals surface area (Å²) in [4.78, 5) is 14.1. The van der Waals surface area contributed by atoms with Crippen LogP contribution in [-0.4, -0.2) is 47.7 Å². The minimum Gasteiger partial charge on any atom is -0.394 e. The van der Waals surface area contributed by atoms with Crippen molar-refractivity contribution in [1.82, 2.24) is 10.2 Å². The topological polar surface area (TPSA) is 52.6 Å². The van der Waals surface area contributed by atoms with Gasteiger partial charge in [-0.25, -0.2) is 0 Å². The lowest BCUT2D eigenvalue weighted by atomic mass is 10.1. The predicted octanol–water partition coefficient (Wildman–Crippen LogP) is 0.358. The van der Waals surface area contributed by atoms with Gasteiger partial charge >= 0.3 is 0 Å². The Labute approximate surface area is 97.0 Å². The molecule has 0 bridgehead atoms. The summed E-state index contributed by atoms with van der Waals surface area (Å²) >= 11 is 0. The maximum atomic E-state index is 11.8. The van der Waals surface area contributed by atoms with Crippen LogP contribution in [0.2, 0.25) is 0 Å². The van der Waals surface area contributed by atoms with Crippen molar-refractivity contribution in [1.29, 1.82) is 0 Å². The van der Waals surface area contributed by atoms with Crippen molar-refractivity contribution >= 4 is 5.91 Å². The Kier molecular flexibility index (Phi) is 3.82. The summed E-state index contributed by atoms with van der Waals surface area (Å²) in [5.74, 6) is 0.472. The van der Waals surface area contributed by atoms with Crippen molar-refractivity contribution < 1.29 is 9.90 Å². The summed E-state index contributed by atoms with van der Waals surface area (Å²) in [5.41, 5.74) is 0. The molecule has 1 aliphatic carbocycles. The third-order valence-corrected chi connectivity index (χ3v) is 3.82. The highest BCUT2D eigenvalue weighted by Crippen LogP contribution is 2.26. The Balaban J connectivity index is 2.11. The van der Waals surface area contributed by atoms with Gasteiger partial charge in [0.15, 0.2) is 0 Å². The zero-order valence-corrected chi connectivity index (χ0v) is 9.98. The molecule has 1 saturated heterocycles. The van der Waals surface area contributed by atoms with E-state index >= 15 is 0 Å². The highest BCUT2D eigenvalue weighted by molar-refractivity contribution is 5.82. The highest BCUT2D eigenvalue weighted by atomic mass is 16.3. The quantitative estimate of drug-likeness (QED) is 0.715. The van der Waals surface area contributed by atoms with Crippen LogP contribution in [0, 0.1) is 5.92 Å². The zero-order chi connectivity index (χ0) is 11.5. The van der Waals surface area contributed by atoms with Crippen LogP contribution in [0.4, 0.5) is 0 Å². The molecule has 1 aliphatic heterocycles. The summed E-state index contributed by atoms with van der Waals surface area (Å²) in [6, 6.07) is 0.177. The van der Waals surface area contributed by atoms with Crippen LogP contribution < -0.4 is 5.32 Å². The maximum absolute atomic E-state index is 11.8. The van der Waals surface area contributed by atoms with Crippen LogP contribution in [-0.2, 0) is 4.79 Å². The number of amides is 1. The number of aliphatic hydroxyl groups excluding tert-OH is 1. The standard InChI is InChI=1S/C12H22N2O2/c1-9-6-13-12(16)11(8-15)14(7-9)10-4-2-3-5-10/h9-11,15H,2-8H2,1H3,(H,13,16). The molecule has 2 unspecified atom stereocenters. The molecule has 1 heterocycles. The number of hydrogen-bond donors (Lipinski definition) is 2. The first-order valence-corrected chi connectivity index (χ1v) is 6.36. The van der Waals surface area contributed by atoms with E-state index in [1.165, 1.54) is 25.7 Å². The Bertz CT molecular complexity index is 251. The largest absolute Gasteiger partial charge is 0.394 e. The number of aliphatic hydroxyl groups is 1. The first kappa shape index (κ1) is 11.9. The number of carbonyl (C=O) groups is 1. The predicted molar refractivity (Wildman–Crippen MR) is 62.0 cm³/mol.